The normalized spacial score (nSPS) is 10.4. The number of ether oxygens (including phenoxy) is 2. The third-order valence-electron chi connectivity index (χ3n) is 3.77. The number of methoxy groups -OCH3 is 2. The molecular formula is C19H19N3O3S. The molecule has 6 nitrogen and oxygen atoms in total. The van der Waals surface area contributed by atoms with E-state index in [4.69, 9.17) is 9.47 Å². The van der Waals surface area contributed by atoms with Gasteiger partial charge in [0.25, 0.3) is 0 Å². The largest absolute Gasteiger partial charge is 0.497 e. The number of hydrogen-bond acceptors (Lipinski definition) is 6. The van der Waals surface area contributed by atoms with Gasteiger partial charge in [-0.3, -0.25) is 9.78 Å². The topological polar surface area (TPSA) is 73.3 Å². The summed E-state index contributed by atoms with van der Waals surface area (Å²) in [6.07, 6.45) is 1.88. The number of aromatic nitrogens is 2. The Hall–Kier alpha value is -2.93. The molecule has 1 amide bonds. The molecule has 0 aliphatic heterocycles. The number of nitrogens with zero attached hydrogens (tertiary/aromatic N) is 2. The van der Waals surface area contributed by atoms with E-state index in [1.807, 2.05) is 43.3 Å². The van der Waals surface area contributed by atoms with Gasteiger partial charge in [0.2, 0.25) is 5.91 Å². The number of amides is 1. The van der Waals surface area contributed by atoms with Crippen LogP contribution in [0.3, 0.4) is 0 Å². The average molecular weight is 369 g/mol. The lowest BCUT2D eigenvalue weighted by Crippen LogP contribution is -2.14. The summed E-state index contributed by atoms with van der Waals surface area (Å²) in [5.74, 6) is 1.23. The minimum absolute atomic E-state index is 0.148. The Balaban J connectivity index is 1.80. The lowest BCUT2D eigenvalue weighted by Gasteiger charge is -2.09. The molecule has 0 unspecified atom stereocenters. The van der Waals surface area contributed by atoms with E-state index in [0.29, 0.717) is 16.6 Å². The number of carbonyl (C=O) groups excluding carboxylic acids is 1. The number of carbonyl (C=O) groups is 1. The highest BCUT2D eigenvalue weighted by Crippen LogP contribution is 2.37. The first-order chi connectivity index (χ1) is 12.6. The summed E-state index contributed by atoms with van der Waals surface area (Å²) in [4.78, 5) is 21.9. The molecule has 0 aliphatic carbocycles. The van der Waals surface area contributed by atoms with E-state index in [-0.39, 0.29) is 12.3 Å². The van der Waals surface area contributed by atoms with Gasteiger partial charge in [-0.15, -0.1) is 11.3 Å². The first kappa shape index (κ1) is 17.9. The van der Waals surface area contributed by atoms with Gasteiger partial charge in [0.1, 0.15) is 11.5 Å². The number of thiazole rings is 1. The van der Waals surface area contributed by atoms with Crippen LogP contribution >= 0.6 is 11.3 Å². The summed E-state index contributed by atoms with van der Waals surface area (Å²) in [5.41, 5.74) is 2.35. The third-order valence-corrected chi connectivity index (χ3v) is 4.66. The summed E-state index contributed by atoms with van der Waals surface area (Å²) >= 11 is 1.43. The summed E-state index contributed by atoms with van der Waals surface area (Å²) in [6.45, 7) is 1.96. The van der Waals surface area contributed by atoms with Crippen molar-refractivity contribution in [2.75, 3.05) is 19.5 Å². The molecule has 0 spiro atoms. The highest BCUT2D eigenvalue weighted by Gasteiger charge is 2.16. The number of benzene rings is 1. The molecule has 0 atom stereocenters. The van der Waals surface area contributed by atoms with Crippen LogP contribution in [0.15, 0.2) is 42.6 Å². The van der Waals surface area contributed by atoms with Crippen LogP contribution in [0.2, 0.25) is 0 Å². The Morgan fingerprint density at radius 2 is 2.04 bits per heavy atom. The Morgan fingerprint density at radius 1 is 1.19 bits per heavy atom. The number of hydrogen-bond donors (Lipinski definition) is 1. The second-order valence-electron chi connectivity index (χ2n) is 5.54. The zero-order valence-corrected chi connectivity index (χ0v) is 15.6. The SMILES string of the molecule is COc1ccc(-c2nc(NC(=O)Cc3ccccn3)sc2C)c(OC)c1. The van der Waals surface area contributed by atoms with Gasteiger partial charge in [-0.25, -0.2) is 4.98 Å². The van der Waals surface area contributed by atoms with Gasteiger partial charge >= 0.3 is 0 Å². The highest BCUT2D eigenvalue weighted by molar-refractivity contribution is 7.16. The highest BCUT2D eigenvalue weighted by atomic mass is 32.1. The van der Waals surface area contributed by atoms with Crippen molar-refractivity contribution in [3.63, 3.8) is 0 Å². The Morgan fingerprint density at radius 3 is 2.73 bits per heavy atom. The summed E-state index contributed by atoms with van der Waals surface area (Å²) in [5, 5.41) is 3.40. The summed E-state index contributed by atoms with van der Waals surface area (Å²) < 4.78 is 10.7. The molecule has 0 radical (unpaired) electrons. The Bertz CT molecular complexity index is 910. The molecule has 2 heterocycles. The maximum absolute atomic E-state index is 12.2. The van der Waals surface area contributed by atoms with Gasteiger partial charge in [0.15, 0.2) is 5.13 Å². The number of anilines is 1. The predicted molar refractivity (Wildman–Crippen MR) is 102 cm³/mol. The van der Waals surface area contributed by atoms with Crippen LogP contribution < -0.4 is 14.8 Å². The van der Waals surface area contributed by atoms with Crippen LogP contribution in [0.25, 0.3) is 11.3 Å². The second-order valence-corrected chi connectivity index (χ2v) is 6.74. The lowest BCUT2D eigenvalue weighted by molar-refractivity contribution is -0.115. The second kappa shape index (κ2) is 7.97. The zero-order valence-electron chi connectivity index (χ0n) is 14.8. The van der Waals surface area contributed by atoms with Crippen molar-refractivity contribution in [1.82, 2.24) is 9.97 Å². The van der Waals surface area contributed by atoms with Gasteiger partial charge < -0.3 is 14.8 Å². The Kier molecular flexibility index (Phi) is 5.48. The van der Waals surface area contributed by atoms with Crippen LogP contribution in [0.5, 0.6) is 11.5 Å². The van der Waals surface area contributed by atoms with E-state index in [0.717, 1.165) is 21.8 Å². The molecule has 1 N–H and O–H groups in total. The minimum atomic E-state index is -0.148. The summed E-state index contributed by atoms with van der Waals surface area (Å²) in [6, 6.07) is 11.1. The van der Waals surface area contributed by atoms with Crippen LogP contribution in [0.1, 0.15) is 10.6 Å². The number of nitrogens with one attached hydrogen (secondary N) is 1. The first-order valence-corrected chi connectivity index (χ1v) is 8.82. The van der Waals surface area contributed by atoms with Crippen molar-refractivity contribution in [3.8, 4) is 22.8 Å². The molecule has 0 saturated heterocycles. The van der Waals surface area contributed by atoms with Crippen molar-refractivity contribution in [3.05, 3.63) is 53.2 Å². The summed E-state index contributed by atoms with van der Waals surface area (Å²) in [7, 11) is 3.22. The minimum Gasteiger partial charge on any atom is -0.497 e. The van der Waals surface area contributed by atoms with E-state index in [1.165, 1.54) is 11.3 Å². The standard InChI is InChI=1S/C19H19N3O3S/c1-12-18(15-8-7-14(24-2)11-16(15)25-3)22-19(26-12)21-17(23)10-13-6-4-5-9-20-13/h4-9,11H,10H2,1-3H3,(H,21,22,23). The lowest BCUT2D eigenvalue weighted by atomic mass is 10.1. The number of rotatable bonds is 6. The molecule has 0 saturated carbocycles. The first-order valence-electron chi connectivity index (χ1n) is 8.00. The van der Waals surface area contributed by atoms with Crippen molar-refractivity contribution in [2.24, 2.45) is 0 Å². The number of aryl methyl sites for hydroxylation is 1. The molecule has 2 aromatic heterocycles. The molecule has 26 heavy (non-hydrogen) atoms. The van der Waals surface area contributed by atoms with E-state index in [1.54, 1.807) is 20.4 Å². The molecule has 134 valence electrons. The van der Waals surface area contributed by atoms with Crippen molar-refractivity contribution in [1.29, 1.82) is 0 Å². The van der Waals surface area contributed by atoms with Gasteiger partial charge in [-0.05, 0) is 31.2 Å². The Labute approximate surface area is 155 Å². The monoisotopic (exact) mass is 369 g/mol. The van der Waals surface area contributed by atoms with Crippen LogP contribution in [0.4, 0.5) is 5.13 Å². The molecular weight excluding hydrogens is 350 g/mol. The zero-order chi connectivity index (χ0) is 18.5. The van der Waals surface area contributed by atoms with E-state index >= 15 is 0 Å². The fourth-order valence-corrected chi connectivity index (χ4v) is 3.37. The predicted octanol–water partition coefficient (Wildman–Crippen LogP) is 3.71. The fraction of sp³-hybridized carbons (Fsp3) is 0.211. The maximum Gasteiger partial charge on any atom is 0.232 e. The molecule has 0 fully saturated rings. The molecule has 3 rings (SSSR count). The average Bonchev–Trinajstić information content (AvgIpc) is 3.01. The quantitative estimate of drug-likeness (QED) is 0.717. The van der Waals surface area contributed by atoms with E-state index in [2.05, 4.69) is 15.3 Å². The van der Waals surface area contributed by atoms with Crippen molar-refractivity contribution >= 4 is 22.4 Å². The van der Waals surface area contributed by atoms with E-state index < -0.39 is 0 Å². The molecule has 7 heteroatoms. The van der Waals surface area contributed by atoms with Crippen molar-refractivity contribution < 1.29 is 14.3 Å². The molecule has 0 aliphatic rings. The maximum atomic E-state index is 12.2. The molecule has 0 bridgehead atoms. The van der Waals surface area contributed by atoms with Crippen LogP contribution in [-0.4, -0.2) is 30.1 Å². The van der Waals surface area contributed by atoms with E-state index in [9.17, 15) is 4.79 Å². The van der Waals surface area contributed by atoms with Crippen LogP contribution in [-0.2, 0) is 11.2 Å². The van der Waals surface area contributed by atoms with Gasteiger partial charge in [-0.1, -0.05) is 6.07 Å². The molecule has 3 aromatic rings. The van der Waals surface area contributed by atoms with Crippen molar-refractivity contribution in [2.45, 2.75) is 13.3 Å². The van der Waals surface area contributed by atoms with Gasteiger partial charge in [0, 0.05) is 28.4 Å². The number of pyridine rings is 1. The fourth-order valence-electron chi connectivity index (χ4n) is 2.52. The molecule has 1 aromatic carbocycles. The van der Waals surface area contributed by atoms with Gasteiger partial charge in [-0.2, -0.15) is 0 Å². The smallest absolute Gasteiger partial charge is 0.232 e. The van der Waals surface area contributed by atoms with Crippen LogP contribution in [0, 0.1) is 6.92 Å². The third kappa shape index (κ3) is 4.00. The van der Waals surface area contributed by atoms with Gasteiger partial charge in [0.05, 0.1) is 26.3 Å².